The lowest BCUT2D eigenvalue weighted by Gasteiger charge is -2.22. The van der Waals surface area contributed by atoms with E-state index in [0.29, 0.717) is 0 Å². The van der Waals surface area contributed by atoms with Crippen LogP contribution < -0.4 is 4.90 Å². The number of carbonyl (C=O) groups is 2. The van der Waals surface area contributed by atoms with Gasteiger partial charge in [-0.2, -0.15) is 13.2 Å². The zero-order chi connectivity index (χ0) is 24.3. The number of imide groups is 1. The van der Waals surface area contributed by atoms with Crippen molar-refractivity contribution in [2.24, 2.45) is 23.7 Å². The van der Waals surface area contributed by atoms with Crippen LogP contribution in [-0.2, 0) is 15.8 Å². The Bertz CT molecular complexity index is 1320. The fourth-order valence-electron chi connectivity index (χ4n) is 5.88. The first-order valence-corrected chi connectivity index (χ1v) is 11.4. The Morgan fingerprint density at radius 2 is 1.20 bits per heavy atom. The van der Waals surface area contributed by atoms with E-state index in [1.54, 1.807) is 0 Å². The van der Waals surface area contributed by atoms with Crippen molar-refractivity contribution >= 4 is 23.1 Å². The number of nitrogens with zero attached hydrogens (tertiary/aromatic N) is 1. The van der Waals surface area contributed by atoms with Crippen molar-refractivity contribution in [1.82, 2.24) is 0 Å². The van der Waals surface area contributed by atoms with Gasteiger partial charge in [-0.3, -0.25) is 9.59 Å². The number of amides is 2. The van der Waals surface area contributed by atoms with E-state index in [-0.39, 0.29) is 17.5 Å². The average molecular weight is 471 g/mol. The second-order valence-corrected chi connectivity index (χ2v) is 9.11. The molecule has 35 heavy (non-hydrogen) atoms. The molecule has 2 aliphatic carbocycles. The monoisotopic (exact) mass is 471 g/mol. The smallest absolute Gasteiger partial charge is 0.274 e. The van der Waals surface area contributed by atoms with Crippen LogP contribution in [0.3, 0.4) is 0 Å². The number of alkyl halides is 3. The van der Waals surface area contributed by atoms with Crippen molar-refractivity contribution in [3.63, 3.8) is 0 Å². The van der Waals surface area contributed by atoms with Gasteiger partial charge in [-0.15, -0.1) is 0 Å². The highest BCUT2D eigenvalue weighted by atomic mass is 19.4. The van der Waals surface area contributed by atoms with E-state index in [1.165, 1.54) is 12.1 Å². The number of fused-ring (bicyclic) bond motifs is 5. The lowest BCUT2D eigenvalue weighted by atomic mass is 9.85. The van der Waals surface area contributed by atoms with Crippen LogP contribution in [0.4, 0.5) is 18.9 Å². The minimum atomic E-state index is -4.56. The van der Waals surface area contributed by atoms with Crippen LogP contribution in [0.2, 0.25) is 0 Å². The quantitative estimate of drug-likeness (QED) is 0.341. The molecular formula is C29H20F3NO2. The van der Waals surface area contributed by atoms with Gasteiger partial charge in [-0.1, -0.05) is 78.9 Å². The van der Waals surface area contributed by atoms with E-state index in [4.69, 9.17) is 0 Å². The van der Waals surface area contributed by atoms with Crippen molar-refractivity contribution in [2.75, 3.05) is 4.90 Å². The van der Waals surface area contributed by atoms with Gasteiger partial charge in [0.15, 0.2) is 0 Å². The van der Waals surface area contributed by atoms with Crippen LogP contribution in [0, 0.1) is 23.7 Å². The summed E-state index contributed by atoms with van der Waals surface area (Å²) in [4.78, 5) is 28.1. The molecule has 0 N–H and O–H groups in total. The highest BCUT2D eigenvalue weighted by Crippen LogP contribution is 2.59. The van der Waals surface area contributed by atoms with Gasteiger partial charge in [0.05, 0.1) is 23.1 Å². The van der Waals surface area contributed by atoms with Gasteiger partial charge in [-0.25, -0.2) is 4.90 Å². The third-order valence-corrected chi connectivity index (χ3v) is 7.26. The number of anilines is 1. The van der Waals surface area contributed by atoms with Gasteiger partial charge >= 0.3 is 6.18 Å². The van der Waals surface area contributed by atoms with Crippen LogP contribution in [0.1, 0.15) is 16.7 Å². The molecule has 1 heterocycles. The van der Waals surface area contributed by atoms with E-state index in [2.05, 4.69) is 0 Å². The molecule has 3 aliphatic rings. The molecule has 3 aromatic rings. The number of hydrogen-bond acceptors (Lipinski definition) is 2. The van der Waals surface area contributed by atoms with Crippen molar-refractivity contribution in [3.05, 3.63) is 119 Å². The second kappa shape index (κ2) is 7.80. The first-order chi connectivity index (χ1) is 16.9. The number of hydrogen-bond donors (Lipinski definition) is 0. The maximum Gasteiger partial charge on any atom is 0.416 e. The lowest BCUT2D eigenvalue weighted by molar-refractivity contribution is -0.137. The Morgan fingerprint density at radius 1 is 0.686 bits per heavy atom. The second-order valence-electron chi connectivity index (χ2n) is 9.11. The number of halogens is 3. The molecule has 2 fully saturated rings. The van der Waals surface area contributed by atoms with Gasteiger partial charge in [0.1, 0.15) is 0 Å². The molecule has 0 aromatic heterocycles. The van der Waals surface area contributed by atoms with Gasteiger partial charge in [0, 0.05) is 11.8 Å². The number of carbonyl (C=O) groups excluding carboxylic acids is 2. The minimum Gasteiger partial charge on any atom is -0.274 e. The zero-order valence-corrected chi connectivity index (χ0v) is 18.4. The summed E-state index contributed by atoms with van der Waals surface area (Å²) < 4.78 is 39.8. The summed E-state index contributed by atoms with van der Waals surface area (Å²) in [6.45, 7) is 0. The first-order valence-electron chi connectivity index (χ1n) is 11.4. The lowest BCUT2D eigenvalue weighted by Crippen LogP contribution is -2.33. The van der Waals surface area contributed by atoms with Crippen LogP contribution in [0.15, 0.2) is 103 Å². The topological polar surface area (TPSA) is 37.4 Å². The Kier molecular flexibility index (Phi) is 4.81. The molecule has 1 saturated heterocycles. The molecule has 0 spiro atoms. The maximum absolute atomic E-state index is 13.6. The molecule has 1 aliphatic heterocycles. The molecule has 174 valence electrons. The van der Waals surface area contributed by atoms with Crippen LogP contribution >= 0.6 is 0 Å². The Hall–Kier alpha value is -3.93. The molecule has 0 radical (unpaired) electrons. The fourth-order valence-corrected chi connectivity index (χ4v) is 5.88. The van der Waals surface area contributed by atoms with Crippen LogP contribution in [0.5, 0.6) is 0 Å². The molecule has 1 saturated carbocycles. The molecule has 3 nitrogen and oxygen atoms in total. The summed E-state index contributed by atoms with van der Waals surface area (Å²) in [7, 11) is 0. The van der Waals surface area contributed by atoms with Crippen molar-refractivity contribution in [2.45, 2.75) is 6.18 Å². The van der Waals surface area contributed by atoms with E-state index in [1.807, 2.05) is 72.8 Å². The van der Waals surface area contributed by atoms with E-state index >= 15 is 0 Å². The fraction of sp³-hybridized carbons (Fsp3) is 0.172. The Labute approximate surface area is 200 Å². The first kappa shape index (κ1) is 21.6. The van der Waals surface area contributed by atoms with E-state index in [0.717, 1.165) is 39.3 Å². The molecular weight excluding hydrogens is 451 g/mol. The maximum atomic E-state index is 13.6. The number of benzene rings is 3. The van der Waals surface area contributed by atoms with Crippen LogP contribution in [0.25, 0.3) is 5.57 Å². The summed E-state index contributed by atoms with van der Waals surface area (Å²) in [6.07, 6.45) is -0.601. The SMILES string of the molecule is O=C1[C@@H]2[C@@H](C(=O)N1c1cccc(C(F)(F)F)c1)[C@H]1C=C[C@H]2C1=C(c1ccccc1)c1ccccc1. The summed E-state index contributed by atoms with van der Waals surface area (Å²) in [5.41, 5.74) is 3.13. The highest BCUT2D eigenvalue weighted by Gasteiger charge is 2.62. The number of rotatable bonds is 3. The van der Waals surface area contributed by atoms with E-state index < -0.39 is 35.4 Å². The van der Waals surface area contributed by atoms with Gasteiger partial charge < -0.3 is 0 Å². The van der Waals surface area contributed by atoms with Crippen molar-refractivity contribution in [1.29, 1.82) is 0 Å². The van der Waals surface area contributed by atoms with Crippen molar-refractivity contribution in [3.8, 4) is 0 Å². The zero-order valence-electron chi connectivity index (χ0n) is 18.4. The standard InChI is InChI=1S/C29H20F3NO2/c30-29(31,32)19-12-7-13-20(16-19)33-27(34)25-21-14-15-22(26(25)28(33)35)24(21)23(17-8-3-1-4-9-17)18-10-5-2-6-11-18/h1-16,21-22,25-26H/t21-,22-,25-,26-/m0/s1. The summed E-state index contributed by atoms with van der Waals surface area (Å²) in [6, 6.07) is 24.2. The summed E-state index contributed by atoms with van der Waals surface area (Å²) in [5.74, 6) is -2.68. The Morgan fingerprint density at radius 3 is 1.69 bits per heavy atom. The third kappa shape index (κ3) is 3.27. The van der Waals surface area contributed by atoms with Gasteiger partial charge in [-0.05, 0) is 40.5 Å². The highest BCUT2D eigenvalue weighted by molar-refractivity contribution is 6.23. The summed E-state index contributed by atoms with van der Waals surface area (Å²) >= 11 is 0. The average Bonchev–Trinajstić information content (AvgIpc) is 3.49. The third-order valence-electron chi connectivity index (χ3n) is 7.26. The minimum absolute atomic E-state index is 0.0273. The molecule has 2 amide bonds. The van der Waals surface area contributed by atoms with Gasteiger partial charge in [0.25, 0.3) is 0 Å². The molecule has 6 rings (SSSR count). The molecule has 0 unspecified atom stereocenters. The molecule has 4 atom stereocenters. The predicted octanol–water partition coefficient (Wildman–Crippen LogP) is 6.13. The predicted molar refractivity (Wildman–Crippen MR) is 126 cm³/mol. The largest absolute Gasteiger partial charge is 0.416 e. The van der Waals surface area contributed by atoms with Crippen molar-refractivity contribution < 1.29 is 22.8 Å². The summed E-state index contributed by atoms with van der Waals surface area (Å²) in [5, 5.41) is 0. The van der Waals surface area contributed by atoms with Gasteiger partial charge in [0.2, 0.25) is 11.8 Å². The molecule has 2 bridgehead atoms. The number of allylic oxidation sites excluding steroid dienone is 3. The molecule has 6 heteroatoms. The normalized spacial score (nSPS) is 24.9. The Balaban J connectivity index is 1.45. The van der Waals surface area contributed by atoms with E-state index in [9.17, 15) is 22.8 Å². The van der Waals surface area contributed by atoms with Crippen LogP contribution in [-0.4, -0.2) is 11.8 Å². The molecule has 3 aromatic carbocycles.